The van der Waals surface area contributed by atoms with Crippen molar-refractivity contribution < 1.29 is 9.90 Å². The van der Waals surface area contributed by atoms with Crippen molar-refractivity contribution in [2.45, 2.75) is 13.3 Å². The van der Waals surface area contributed by atoms with Gasteiger partial charge in [0.15, 0.2) is 0 Å². The fourth-order valence-corrected chi connectivity index (χ4v) is 1.79. The molecule has 0 aliphatic carbocycles. The molecule has 18 heavy (non-hydrogen) atoms. The molecule has 0 amide bonds. The van der Waals surface area contributed by atoms with Crippen molar-refractivity contribution in [3.8, 4) is 0 Å². The van der Waals surface area contributed by atoms with Crippen molar-refractivity contribution in [1.29, 1.82) is 0 Å². The summed E-state index contributed by atoms with van der Waals surface area (Å²) < 4.78 is 0. The van der Waals surface area contributed by atoms with Crippen LogP contribution in [0.4, 0.5) is 0 Å². The average Bonchev–Trinajstić information content (AvgIpc) is 2.30. The van der Waals surface area contributed by atoms with Gasteiger partial charge in [0.25, 0.3) is 5.56 Å². The van der Waals surface area contributed by atoms with Crippen molar-refractivity contribution in [3.63, 3.8) is 0 Å². The normalized spacial score (nSPS) is 11.2. The minimum absolute atomic E-state index is 0.0824. The van der Waals surface area contributed by atoms with Crippen molar-refractivity contribution in [1.82, 2.24) is 4.98 Å². The SMILES string of the molecule is Cc1cc2cc(C/C=C/C(=O)O)ccc2[nH]c1=O. The number of aromatic nitrogens is 1. The minimum atomic E-state index is -0.948. The number of rotatable bonds is 3. The van der Waals surface area contributed by atoms with Crippen LogP contribution in [0.25, 0.3) is 10.9 Å². The Labute approximate surface area is 104 Å². The zero-order valence-corrected chi connectivity index (χ0v) is 9.93. The van der Waals surface area contributed by atoms with E-state index in [1.54, 1.807) is 13.0 Å². The number of carboxylic acid groups (broad SMARTS) is 1. The summed E-state index contributed by atoms with van der Waals surface area (Å²) in [6, 6.07) is 7.49. The number of nitrogens with one attached hydrogen (secondary N) is 1. The Kier molecular flexibility index (Phi) is 3.28. The third kappa shape index (κ3) is 2.66. The zero-order chi connectivity index (χ0) is 13.1. The first-order valence-electron chi connectivity index (χ1n) is 5.58. The number of hydrogen-bond donors (Lipinski definition) is 2. The van der Waals surface area contributed by atoms with Crippen LogP contribution in [0.3, 0.4) is 0 Å². The quantitative estimate of drug-likeness (QED) is 0.810. The highest BCUT2D eigenvalue weighted by molar-refractivity contribution is 5.80. The van der Waals surface area contributed by atoms with E-state index in [4.69, 9.17) is 5.11 Å². The lowest BCUT2D eigenvalue weighted by Gasteiger charge is -2.02. The molecule has 1 aromatic carbocycles. The summed E-state index contributed by atoms with van der Waals surface area (Å²) in [4.78, 5) is 24.6. The van der Waals surface area contributed by atoms with Crippen LogP contribution in [-0.4, -0.2) is 16.1 Å². The molecule has 0 spiro atoms. The summed E-state index contributed by atoms with van der Waals surface area (Å²) in [5.74, 6) is -0.948. The van der Waals surface area contributed by atoms with Crippen LogP contribution in [0.2, 0.25) is 0 Å². The molecule has 0 unspecified atom stereocenters. The van der Waals surface area contributed by atoms with E-state index in [0.717, 1.165) is 22.5 Å². The standard InChI is InChI=1S/C14H13NO3/c1-9-7-11-8-10(3-2-4-13(16)17)5-6-12(11)15-14(9)18/h2,4-8H,3H2,1H3,(H,15,18)(H,16,17)/b4-2+. The highest BCUT2D eigenvalue weighted by Gasteiger charge is 1.99. The molecule has 0 radical (unpaired) electrons. The van der Waals surface area contributed by atoms with E-state index < -0.39 is 5.97 Å². The van der Waals surface area contributed by atoms with E-state index in [2.05, 4.69) is 4.98 Å². The van der Waals surface area contributed by atoms with Gasteiger partial charge in [-0.25, -0.2) is 4.79 Å². The van der Waals surface area contributed by atoms with Crippen LogP contribution in [-0.2, 0) is 11.2 Å². The van der Waals surface area contributed by atoms with E-state index in [9.17, 15) is 9.59 Å². The molecule has 0 fully saturated rings. The largest absolute Gasteiger partial charge is 0.478 e. The summed E-state index contributed by atoms with van der Waals surface area (Å²) >= 11 is 0. The summed E-state index contributed by atoms with van der Waals surface area (Å²) in [5.41, 5.74) is 2.38. The minimum Gasteiger partial charge on any atom is -0.478 e. The van der Waals surface area contributed by atoms with Gasteiger partial charge in [0.05, 0.1) is 0 Å². The second-order valence-corrected chi connectivity index (χ2v) is 4.15. The van der Waals surface area contributed by atoms with Crippen LogP contribution in [0, 0.1) is 6.92 Å². The van der Waals surface area contributed by atoms with Gasteiger partial charge < -0.3 is 10.1 Å². The number of carbonyl (C=O) groups is 1. The topological polar surface area (TPSA) is 70.2 Å². The van der Waals surface area contributed by atoms with Gasteiger partial charge in [0.1, 0.15) is 0 Å². The number of pyridine rings is 1. The van der Waals surface area contributed by atoms with E-state index in [-0.39, 0.29) is 5.56 Å². The monoisotopic (exact) mass is 243 g/mol. The smallest absolute Gasteiger partial charge is 0.327 e. The molecule has 2 rings (SSSR count). The van der Waals surface area contributed by atoms with Gasteiger partial charge in [-0.2, -0.15) is 0 Å². The number of hydrogen-bond acceptors (Lipinski definition) is 2. The fourth-order valence-electron chi connectivity index (χ4n) is 1.79. The number of allylic oxidation sites excluding steroid dienone is 1. The molecular formula is C14H13NO3. The molecule has 1 heterocycles. The Morgan fingerprint density at radius 2 is 2.17 bits per heavy atom. The molecule has 2 aromatic rings. The molecule has 0 bridgehead atoms. The lowest BCUT2D eigenvalue weighted by molar-refractivity contribution is -0.131. The summed E-state index contributed by atoms with van der Waals surface area (Å²) in [7, 11) is 0. The van der Waals surface area contributed by atoms with Crippen LogP contribution < -0.4 is 5.56 Å². The Morgan fingerprint density at radius 3 is 2.89 bits per heavy atom. The number of benzene rings is 1. The first kappa shape index (κ1) is 12.1. The zero-order valence-electron chi connectivity index (χ0n) is 9.93. The molecule has 1 aromatic heterocycles. The second kappa shape index (κ2) is 4.87. The van der Waals surface area contributed by atoms with Gasteiger partial charge in [-0.15, -0.1) is 0 Å². The van der Waals surface area contributed by atoms with Crippen molar-refractivity contribution >= 4 is 16.9 Å². The number of aryl methyl sites for hydroxylation is 1. The van der Waals surface area contributed by atoms with E-state index in [1.165, 1.54) is 0 Å². The number of carboxylic acids is 1. The van der Waals surface area contributed by atoms with Gasteiger partial charge in [0.2, 0.25) is 0 Å². The lowest BCUT2D eigenvalue weighted by atomic mass is 10.1. The third-order valence-electron chi connectivity index (χ3n) is 2.71. The van der Waals surface area contributed by atoms with Crippen LogP contribution >= 0.6 is 0 Å². The number of H-pyrrole nitrogens is 1. The molecule has 0 aliphatic heterocycles. The fraction of sp³-hybridized carbons (Fsp3) is 0.143. The van der Waals surface area contributed by atoms with Gasteiger partial charge in [0, 0.05) is 17.2 Å². The van der Waals surface area contributed by atoms with Crippen LogP contribution in [0.1, 0.15) is 11.1 Å². The van der Waals surface area contributed by atoms with Gasteiger partial charge in [-0.05, 0) is 42.5 Å². The predicted molar refractivity (Wildman–Crippen MR) is 69.8 cm³/mol. The first-order valence-corrected chi connectivity index (χ1v) is 5.58. The summed E-state index contributed by atoms with van der Waals surface area (Å²) in [5, 5.41) is 9.46. The molecule has 0 saturated carbocycles. The molecule has 0 saturated heterocycles. The molecule has 2 N–H and O–H groups in total. The highest BCUT2D eigenvalue weighted by Crippen LogP contribution is 2.14. The average molecular weight is 243 g/mol. The van der Waals surface area contributed by atoms with Crippen molar-refractivity contribution in [3.05, 3.63) is 57.9 Å². The third-order valence-corrected chi connectivity index (χ3v) is 2.71. The maximum atomic E-state index is 11.4. The lowest BCUT2D eigenvalue weighted by Crippen LogP contribution is -2.08. The Morgan fingerprint density at radius 1 is 1.39 bits per heavy atom. The number of fused-ring (bicyclic) bond motifs is 1. The molecule has 0 atom stereocenters. The number of aliphatic carboxylic acids is 1. The Balaban J connectivity index is 2.35. The highest BCUT2D eigenvalue weighted by atomic mass is 16.4. The first-order chi connectivity index (χ1) is 8.56. The second-order valence-electron chi connectivity index (χ2n) is 4.15. The van der Waals surface area contributed by atoms with Crippen LogP contribution in [0.5, 0.6) is 0 Å². The summed E-state index contributed by atoms with van der Waals surface area (Å²) in [6.45, 7) is 1.76. The van der Waals surface area contributed by atoms with Gasteiger partial charge >= 0.3 is 5.97 Å². The maximum absolute atomic E-state index is 11.4. The Bertz CT molecular complexity index is 683. The van der Waals surface area contributed by atoms with E-state index in [0.29, 0.717) is 12.0 Å². The predicted octanol–water partition coefficient (Wildman–Crippen LogP) is 2.02. The molecule has 4 nitrogen and oxygen atoms in total. The van der Waals surface area contributed by atoms with E-state index in [1.807, 2.05) is 24.3 Å². The Hall–Kier alpha value is -2.36. The molecule has 0 aliphatic rings. The maximum Gasteiger partial charge on any atom is 0.327 e. The van der Waals surface area contributed by atoms with Crippen molar-refractivity contribution in [2.24, 2.45) is 0 Å². The van der Waals surface area contributed by atoms with Crippen LogP contribution in [0.15, 0.2) is 41.2 Å². The molecule has 92 valence electrons. The summed E-state index contributed by atoms with van der Waals surface area (Å²) in [6.07, 6.45) is 3.28. The molecule has 4 heteroatoms. The number of aromatic amines is 1. The van der Waals surface area contributed by atoms with Gasteiger partial charge in [-0.1, -0.05) is 12.1 Å². The van der Waals surface area contributed by atoms with Gasteiger partial charge in [-0.3, -0.25) is 4.79 Å². The van der Waals surface area contributed by atoms with Crippen molar-refractivity contribution in [2.75, 3.05) is 0 Å². The molecular weight excluding hydrogens is 230 g/mol. The van der Waals surface area contributed by atoms with E-state index >= 15 is 0 Å².